The summed E-state index contributed by atoms with van der Waals surface area (Å²) in [6.07, 6.45) is 7.35. The molecule has 5 N–H and O–H groups in total. The maximum Gasteiger partial charge on any atom is 0.231 e. The molecule has 0 fully saturated rings. The van der Waals surface area contributed by atoms with Crippen LogP contribution in [0.5, 0.6) is 80.5 Å². The third kappa shape index (κ3) is 11.5. The molecule has 0 radical (unpaired) electrons. The van der Waals surface area contributed by atoms with Crippen molar-refractivity contribution in [3.8, 4) is 80.5 Å². The van der Waals surface area contributed by atoms with E-state index in [1.54, 1.807) is 40.6 Å². The van der Waals surface area contributed by atoms with E-state index >= 15 is 0 Å². The normalized spacial score (nSPS) is 20.3. The van der Waals surface area contributed by atoms with Crippen molar-refractivity contribution in [1.82, 2.24) is 19.6 Å². The van der Waals surface area contributed by atoms with Gasteiger partial charge in [-0.2, -0.15) is 0 Å². The molecule has 11 heterocycles. The van der Waals surface area contributed by atoms with E-state index in [-0.39, 0.29) is 42.5 Å². The minimum Gasteiger partial charge on any atom is -0.508 e. The van der Waals surface area contributed by atoms with Gasteiger partial charge in [0, 0.05) is 121 Å². The third-order valence-corrected chi connectivity index (χ3v) is 22.5. The van der Waals surface area contributed by atoms with E-state index in [1.807, 2.05) is 36.4 Å². The number of hydrogen-bond donors (Lipinski definition) is 5. The number of halogens is 1. The summed E-state index contributed by atoms with van der Waals surface area (Å²) in [7, 11) is 8.27. The van der Waals surface area contributed by atoms with E-state index in [1.165, 1.54) is 73.9 Å². The Kier molecular flexibility index (Phi) is 17.4. The molecule has 0 aliphatic carbocycles. The van der Waals surface area contributed by atoms with E-state index in [0.717, 1.165) is 171 Å². The molecule has 99 heavy (non-hydrogen) atoms. The molecule has 0 aromatic heterocycles. The predicted molar refractivity (Wildman–Crippen MR) is 367 cm³/mol. The molecule has 4 atom stereocenters. The summed E-state index contributed by atoms with van der Waals surface area (Å²) in [6.45, 7) is 7.78. The molecule has 0 saturated heterocycles. The molecule has 516 valence electrons. The van der Waals surface area contributed by atoms with Crippen LogP contribution in [-0.4, -0.2) is 127 Å². The maximum atomic E-state index is 10.5. The monoisotopic (exact) mass is 1360 g/mol. The highest BCUT2D eigenvalue weighted by molar-refractivity contribution is 6.31. The molecule has 20 nitrogen and oxygen atoms in total. The Bertz CT molecular complexity index is 4500. The van der Waals surface area contributed by atoms with Crippen LogP contribution in [0.1, 0.15) is 124 Å². The van der Waals surface area contributed by atoms with Crippen LogP contribution in [0.25, 0.3) is 0 Å². The van der Waals surface area contributed by atoms with Crippen LogP contribution < -0.4 is 52.1 Å². The molecular weight excluding hydrogens is 1280 g/mol. The Morgan fingerprint density at radius 2 is 0.768 bits per heavy atom. The number of aliphatic hydroxyl groups excluding tert-OH is 2. The minimum absolute atomic E-state index is 0.0974. The van der Waals surface area contributed by atoms with Gasteiger partial charge < -0.3 is 77.6 Å². The number of hydrogen-bond acceptors (Lipinski definition) is 20. The Hall–Kier alpha value is -8.99. The molecule has 8 aromatic carbocycles. The number of fused-ring (bicyclic) bond motifs is 20. The Labute approximate surface area is 579 Å². The summed E-state index contributed by atoms with van der Waals surface area (Å²) in [5.41, 5.74) is 20.8. The largest absolute Gasteiger partial charge is 0.508 e. The van der Waals surface area contributed by atoms with Crippen LogP contribution in [0, 0.1) is 0 Å². The molecule has 0 amide bonds. The molecule has 0 bridgehead atoms. The van der Waals surface area contributed by atoms with Crippen molar-refractivity contribution in [2.75, 3.05) is 82.1 Å². The lowest BCUT2D eigenvalue weighted by molar-refractivity contribution is 0.151. The SMILES string of the molecule is COc1cc(Cl)c2c(c1O)CN1CCc3cc(CO)c(O)cc3[C@H]1C2.COc1ccc2c(c1OC)CN1CCc3cc(CO)c(O)cc3[C@H]1C2.COc1ccc2c(c1OC)CN1CCc3cc4c(cc3[C@H]1C2)OCO4.c1cc2c(c3c1C[C@@H]1c4cc5c(cc4CCN1C3)OCO5)OCO2. The van der Waals surface area contributed by atoms with Gasteiger partial charge in [-0.1, -0.05) is 29.8 Å². The standard InChI is InChI=1S/C20H21NO4.C20H23NO4.C19H20ClNO4.C19H17NO4/c1-22-17-4-3-12-7-16-14-9-19-18(24-11-25-19)8-13(14)5-6-21(16)10-15(12)20(17)23-2;1-24-19-4-3-12-8-17-15-9-18(23)14(11-22)7-13(15)5-6-21(17)10-16(12)20(19)25-2;1-25-18-7-15(20)13-5-16-12-6-17(23)11(9-22)4-10(12)2-3-21(16)8-14(13)19(18)24;1-2-16-19(24-10-21-16)14-8-20-4-3-12-6-17-18(23-9-22-17)7-13(12)15(20)5-11(1)14/h3-4,8-9,16H,5-7,10-11H2,1-2H3;3-4,7,9,17,22-23H,5-6,8,10-11H2,1-2H3;4,6-7,16,22-24H,2-3,5,8-9H2,1H3;1-2,6-7,15H,3-5,8-10H2/t16-;17-;16-;15-/m1111/s1. The van der Waals surface area contributed by atoms with Gasteiger partial charge in [-0.05, 0) is 185 Å². The van der Waals surface area contributed by atoms with Gasteiger partial charge in [-0.15, -0.1) is 0 Å². The zero-order valence-electron chi connectivity index (χ0n) is 56.2. The zero-order valence-corrected chi connectivity index (χ0v) is 57.0. The van der Waals surface area contributed by atoms with Gasteiger partial charge in [-0.3, -0.25) is 19.6 Å². The second kappa shape index (κ2) is 26.6. The van der Waals surface area contributed by atoms with Gasteiger partial charge in [-0.25, -0.2) is 0 Å². The highest BCUT2D eigenvalue weighted by atomic mass is 35.5. The molecular formula is C78H81ClN4O16. The average Bonchev–Trinajstić information content (AvgIpc) is 1.16. The third-order valence-electron chi connectivity index (χ3n) is 22.1. The van der Waals surface area contributed by atoms with Gasteiger partial charge in [0.15, 0.2) is 69.0 Å². The average molecular weight is 1370 g/mol. The molecule has 8 aromatic rings. The molecule has 11 aliphatic rings. The summed E-state index contributed by atoms with van der Waals surface area (Å²) in [5, 5.41) is 50.2. The lowest BCUT2D eigenvalue weighted by Gasteiger charge is -2.42. The van der Waals surface area contributed by atoms with Crippen molar-refractivity contribution in [1.29, 1.82) is 0 Å². The van der Waals surface area contributed by atoms with Crippen molar-refractivity contribution in [3.05, 3.63) is 196 Å². The molecule has 0 saturated carbocycles. The predicted octanol–water partition coefficient (Wildman–Crippen LogP) is 11.4. The smallest absolute Gasteiger partial charge is 0.231 e. The first-order valence-electron chi connectivity index (χ1n) is 34.0. The fourth-order valence-electron chi connectivity index (χ4n) is 17.1. The number of aromatic hydroxyl groups is 3. The molecule has 0 spiro atoms. The van der Waals surface area contributed by atoms with E-state index in [2.05, 4.69) is 62.1 Å². The van der Waals surface area contributed by atoms with Crippen LogP contribution in [-0.2, 0) is 90.8 Å². The summed E-state index contributed by atoms with van der Waals surface area (Å²) in [5.74, 6) is 9.48. The van der Waals surface area contributed by atoms with Crippen molar-refractivity contribution in [2.24, 2.45) is 0 Å². The summed E-state index contributed by atoms with van der Waals surface area (Å²) in [6, 6.07) is 31.4. The van der Waals surface area contributed by atoms with Crippen LogP contribution >= 0.6 is 11.6 Å². The van der Waals surface area contributed by atoms with Crippen LogP contribution in [0.4, 0.5) is 0 Å². The number of methoxy groups -OCH3 is 5. The number of benzene rings is 8. The van der Waals surface area contributed by atoms with Crippen molar-refractivity contribution in [3.63, 3.8) is 0 Å². The first-order chi connectivity index (χ1) is 48.3. The number of ether oxygens (including phenoxy) is 11. The number of rotatable bonds is 7. The topological polar surface area (TPSA) is 216 Å². The number of nitrogens with zero attached hydrogens (tertiary/aromatic N) is 4. The zero-order chi connectivity index (χ0) is 67.9. The molecule has 21 heteroatoms. The van der Waals surface area contributed by atoms with Gasteiger partial charge in [0.05, 0.1) is 48.8 Å². The van der Waals surface area contributed by atoms with Gasteiger partial charge in [0.1, 0.15) is 11.5 Å². The lowest BCUT2D eigenvalue weighted by atomic mass is 9.83. The van der Waals surface area contributed by atoms with Gasteiger partial charge >= 0.3 is 0 Å². The highest BCUT2D eigenvalue weighted by Crippen LogP contribution is 2.52. The van der Waals surface area contributed by atoms with Gasteiger partial charge in [0.25, 0.3) is 0 Å². The molecule has 11 aliphatic heterocycles. The van der Waals surface area contributed by atoms with E-state index in [9.17, 15) is 25.5 Å². The summed E-state index contributed by atoms with van der Waals surface area (Å²) >= 11 is 6.44. The number of phenols is 3. The number of aliphatic hydroxyl groups is 2. The first kappa shape index (κ1) is 64.7. The minimum atomic E-state index is -0.171. The van der Waals surface area contributed by atoms with Crippen molar-refractivity contribution >= 4 is 11.6 Å². The second-order valence-corrected chi connectivity index (χ2v) is 27.3. The van der Waals surface area contributed by atoms with E-state index < -0.39 is 0 Å². The van der Waals surface area contributed by atoms with E-state index in [0.29, 0.717) is 67.3 Å². The number of phenolic OH excluding ortho intramolecular Hbond substituents is 1. The molecule has 0 unspecified atom stereocenters. The van der Waals surface area contributed by atoms with Crippen LogP contribution in [0.2, 0.25) is 5.02 Å². The van der Waals surface area contributed by atoms with Gasteiger partial charge in [0.2, 0.25) is 20.4 Å². The van der Waals surface area contributed by atoms with Crippen LogP contribution in [0.15, 0.2) is 91.0 Å². The summed E-state index contributed by atoms with van der Waals surface area (Å²) < 4.78 is 60.9. The lowest BCUT2D eigenvalue weighted by Crippen LogP contribution is -2.39. The van der Waals surface area contributed by atoms with Crippen molar-refractivity contribution < 1.29 is 77.6 Å². The second-order valence-electron chi connectivity index (χ2n) is 26.9. The molecule has 19 rings (SSSR count). The maximum absolute atomic E-state index is 10.5. The fourth-order valence-corrected chi connectivity index (χ4v) is 17.3. The first-order valence-corrected chi connectivity index (χ1v) is 34.4. The Morgan fingerprint density at radius 3 is 1.22 bits per heavy atom. The highest BCUT2D eigenvalue weighted by Gasteiger charge is 2.41. The Morgan fingerprint density at radius 1 is 0.384 bits per heavy atom. The quantitative estimate of drug-likeness (QED) is 0.100. The summed E-state index contributed by atoms with van der Waals surface area (Å²) in [4.78, 5) is 9.81. The fraction of sp³-hybridized carbons (Fsp3) is 0.385. The van der Waals surface area contributed by atoms with E-state index in [4.69, 9.17) is 63.7 Å². The Balaban J connectivity index is 0.000000103. The van der Waals surface area contributed by atoms with Crippen molar-refractivity contribution in [2.45, 2.75) is 115 Å². The van der Waals surface area contributed by atoms with Crippen LogP contribution in [0.3, 0.4) is 0 Å².